The summed E-state index contributed by atoms with van der Waals surface area (Å²) in [5.41, 5.74) is 19.9. The van der Waals surface area contributed by atoms with Crippen LogP contribution in [-0.4, -0.2) is 4.98 Å². The molecule has 1 heterocycles. The molecule has 0 spiro atoms. The van der Waals surface area contributed by atoms with Crippen molar-refractivity contribution in [3.63, 3.8) is 0 Å². The molecule has 0 fully saturated rings. The Kier molecular flexibility index (Phi) is 4.74. The summed E-state index contributed by atoms with van der Waals surface area (Å²) < 4.78 is 5.71. The molecule has 8 nitrogen and oxygen atoms in total. The van der Waals surface area contributed by atoms with E-state index in [0.717, 1.165) is 11.1 Å². The molecule has 1 atom stereocenters. The third-order valence-corrected chi connectivity index (χ3v) is 8.09. The first-order chi connectivity index (χ1) is 9.42. The fourth-order valence-electron chi connectivity index (χ4n) is 1.80. The molecule has 0 aliphatic carbocycles. The van der Waals surface area contributed by atoms with Gasteiger partial charge in [-0.3, -0.25) is 0 Å². The molecule has 112 valence electrons. The molecule has 2 rings (SSSR count). The molecule has 0 bridgehead atoms. The molecule has 1 unspecified atom stereocenters. The molecule has 1 aromatic heterocycles. The number of nitrogen functional groups attached to an aromatic ring is 2. The van der Waals surface area contributed by atoms with Gasteiger partial charge in [-0.15, -0.1) is 0 Å². The van der Waals surface area contributed by atoms with Gasteiger partial charge in [0.2, 0.25) is 0 Å². The van der Waals surface area contributed by atoms with E-state index in [4.69, 9.17) is 31.2 Å². The van der Waals surface area contributed by atoms with Gasteiger partial charge in [-0.1, -0.05) is 0 Å². The van der Waals surface area contributed by atoms with Crippen molar-refractivity contribution >= 4 is 44.4 Å². The van der Waals surface area contributed by atoms with E-state index in [1.165, 1.54) is 0 Å². The Morgan fingerprint density at radius 1 is 1.20 bits per heavy atom. The number of hydrogen-bond donors (Lipinski definition) is 7. The Morgan fingerprint density at radius 2 is 1.90 bits per heavy atom. The van der Waals surface area contributed by atoms with Gasteiger partial charge >= 0.3 is 129 Å². The maximum absolute atomic E-state index is 6.13. The molecule has 11 heteroatoms. The molecular formula is C9H17IN8PS-. The summed E-state index contributed by atoms with van der Waals surface area (Å²) in [5, 5.41) is 16.3. The molecule has 20 heavy (non-hydrogen) atoms. The molecule has 1 aromatic carbocycles. The van der Waals surface area contributed by atoms with Crippen LogP contribution in [0.25, 0.3) is 10.9 Å². The third kappa shape index (κ3) is 2.72. The van der Waals surface area contributed by atoms with Crippen LogP contribution in [0.4, 0.5) is 17.1 Å². The quantitative estimate of drug-likeness (QED) is 0.154. The second-order valence-corrected chi connectivity index (χ2v) is 12.2. The number of fused-ring (bicyclic) bond motifs is 1. The Labute approximate surface area is 128 Å². The van der Waals surface area contributed by atoms with Crippen LogP contribution in [0.15, 0.2) is 23.2 Å². The van der Waals surface area contributed by atoms with Gasteiger partial charge in [0.05, 0.1) is 0 Å². The van der Waals surface area contributed by atoms with Crippen LogP contribution in [-0.2, 0) is 0 Å². The molecule has 13 N–H and O–H groups in total. The van der Waals surface area contributed by atoms with Crippen LogP contribution < -0.4 is 56.4 Å². The van der Waals surface area contributed by atoms with Gasteiger partial charge < -0.3 is 0 Å². The minimum absolute atomic E-state index is 0.0452. The van der Waals surface area contributed by atoms with E-state index < -0.39 is 27.7 Å². The Hall–Kier alpha value is -0.620. The van der Waals surface area contributed by atoms with Crippen molar-refractivity contribution in [2.75, 3.05) is 16.6 Å². The molecule has 0 saturated carbocycles. The molecule has 0 aliphatic heterocycles. The topological polar surface area (TPSA) is 181 Å². The number of rotatable bonds is 4. The number of hydrogen-bond acceptors (Lipinski definition) is 8. The second-order valence-electron chi connectivity index (χ2n) is 3.93. The van der Waals surface area contributed by atoms with Crippen LogP contribution in [0.1, 0.15) is 0 Å². The summed E-state index contributed by atoms with van der Waals surface area (Å²) in [6.45, 7) is 0. The number of nitrogens with two attached hydrogens (primary N) is 6. The fraction of sp³-hybridized carbons (Fsp3) is 0. The standard InChI is InChI=1S/C9H17IN8PS/c11-7-6-4(2-1-3-5(6)18-19-14)17-9(8(7)12)20(15,16)10-13/h1-3,18-19H,12-16H2,(H2,11,17)/q-1. The van der Waals surface area contributed by atoms with E-state index in [1.807, 2.05) is 18.2 Å². The molecule has 0 aliphatic rings. The van der Waals surface area contributed by atoms with Gasteiger partial charge in [0.15, 0.2) is 0 Å². The summed E-state index contributed by atoms with van der Waals surface area (Å²) in [6.07, 6.45) is 0. The van der Waals surface area contributed by atoms with Crippen LogP contribution in [0.3, 0.4) is 0 Å². The number of nitrogens with one attached hydrogen (secondary N) is 1. The van der Waals surface area contributed by atoms with Crippen molar-refractivity contribution in [1.29, 1.82) is 0 Å². The van der Waals surface area contributed by atoms with E-state index in [9.17, 15) is 0 Å². The SMILES string of the molecule is NPNc1cccc2nc(S(N)(N)[I-]N)c(N)c(N)c12. The van der Waals surface area contributed by atoms with Gasteiger partial charge in [0, 0.05) is 0 Å². The second kappa shape index (κ2) is 6.02. The number of benzene rings is 1. The Balaban J connectivity index is 2.77. The van der Waals surface area contributed by atoms with Crippen molar-refractivity contribution in [2.24, 2.45) is 19.7 Å². The monoisotopic (exact) mass is 427 g/mol. The van der Waals surface area contributed by atoms with E-state index >= 15 is 0 Å². The van der Waals surface area contributed by atoms with Crippen LogP contribution in [0.5, 0.6) is 0 Å². The Bertz CT molecular complexity index is 651. The first-order valence-corrected chi connectivity index (χ1v) is 12.0. The van der Waals surface area contributed by atoms with E-state index in [-0.39, 0.29) is 8.88 Å². The summed E-state index contributed by atoms with van der Waals surface area (Å²) in [5.74, 6) is 0. The van der Waals surface area contributed by atoms with E-state index in [0.29, 0.717) is 21.9 Å². The van der Waals surface area contributed by atoms with Crippen molar-refractivity contribution in [3.05, 3.63) is 18.2 Å². The summed E-state index contributed by atoms with van der Waals surface area (Å²) >= 11 is -0.912. The third-order valence-electron chi connectivity index (χ3n) is 2.70. The zero-order chi connectivity index (χ0) is 14.9. The van der Waals surface area contributed by atoms with Gasteiger partial charge in [0.25, 0.3) is 0 Å². The predicted octanol–water partition coefficient (Wildman–Crippen LogP) is -2.93. The first-order valence-electron chi connectivity index (χ1n) is 5.36. The van der Waals surface area contributed by atoms with Crippen molar-refractivity contribution in [1.82, 2.24) is 4.98 Å². The Morgan fingerprint density at radius 3 is 2.50 bits per heavy atom. The number of pyridine rings is 1. The zero-order valence-corrected chi connectivity index (χ0v) is 14.4. The first kappa shape index (κ1) is 15.8. The predicted molar refractivity (Wildman–Crippen MR) is 85.1 cm³/mol. The van der Waals surface area contributed by atoms with Crippen LogP contribution in [0, 0.1) is 0 Å². The summed E-state index contributed by atoms with van der Waals surface area (Å²) in [4.78, 5) is 4.47. The van der Waals surface area contributed by atoms with Crippen molar-refractivity contribution in [3.8, 4) is 0 Å². The number of aromatic nitrogens is 1. The number of nitrogens with zero attached hydrogens (tertiary/aromatic N) is 1. The molecule has 2 aromatic rings. The average molecular weight is 427 g/mol. The summed E-state index contributed by atoms with van der Waals surface area (Å²) in [7, 11) is -2.09. The van der Waals surface area contributed by atoms with Crippen LogP contribution >= 0.6 is 16.5 Å². The minimum atomic E-state index is -2.14. The van der Waals surface area contributed by atoms with Gasteiger partial charge in [-0.25, -0.2) is 0 Å². The van der Waals surface area contributed by atoms with Crippen molar-refractivity contribution < 1.29 is 20.1 Å². The van der Waals surface area contributed by atoms with Gasteiger partial charge in [0.1, 0.15) is 0 Å². The van der Waals surface area contributed by atoms with Gasteiger partial charge in [-0.05, 0) is 0 Å². The van der Waals surface area contributed by atoms with Crippen LogP contribution in [0.2, 0.25) is 0 Å². The maximum atomic E-state index is 6.13. The van der Waals surface area contributed by atoms with E-state index in [2.05, 4.69) is 10.1 Å². The van der Waals surface area contributed by atoms with E-state index in [1.54, 1.807) is 0 Å². The molecule has 0 radical (unpaired) electrons. The average Bonchev–Trinajstić information content (AvgIpc) is 2.43. The number of anilines is 3. The molecular weight excluding hydrogens is 410 g/mol. The fourth-order valence-corrected chi connectivity index (χ4v) is 4.66. The molecule has 0 saturated heterocycles. The molecule has 0 amide bonds. The summed E-state index contributed by atoms with van der Waals surface area (Å²) in [6, 6.07) is 5.53. The van der Waals surface area contributed by atoms with Gasteiger partial charge in [-0.2, -0.15) is 0 Å². The van der Waals surface area contributed by atoms with Crippen molar-refractivity contribution in [2.45, 2.75) is 5.03 Å². The zero-order valence-electron chi connectivity index (χ0n) is 10.4. The number of halogens is 1. The normalized spacial score (nSPS) is 13.4.